The summed E-state index contributed by atoms with van der Waals surface area (Å²) in [4.78, 5) is 0. The number of ether oxygens (including phenoxy) is 1. The van der Waals surface area contributed by atoms with E-state index in [2.05, 4.69) is 0 Å². The molecule has 4 heteroatoms. The van der Waals surface area contributed by atoms with Gasteiger partial charge in [-0.2, -0.15) is 0 Å². The van der Waals surface area contributed by atoms with E-state index in [0.717, 1.165) is 29.7 Å². The summed E-state index contributed by atoms with van der Waals surface area (Å²) in [5, 5.41) is 10.4. The summed E-state index contributed by atoms with van der Waals surface area (Å²) in [6, 6.07) is 1.88. The summed E-state index contributed by atoms with van der Waals surface area (Å²) in [5.41, 5.74) is 7.32. The van der Waals surface area contributed by atoms with Gasteiger partial charge in [-0.15, -0.1) is 0 Å². The maximum atomic E-state index is 9.98. The van der Waals surface area contributed by atoms with Gasteiger partial charge in [-0.1, -0.05) is 18.5 Å². The summed E-state index contributed by atoms with van der Waals surface area (Å²) < 4.78 is 5.46. The molecule has 1 aliphatic rings. The van der Waals surface area contributed by atoms with Gasteiger partial charge < -0.3 is 15.6 Å². The van der Waals surface area contributed by atoms with Gasteiger partial charge >= 0.3 is 0 Å². The zero-order valence-electron chi connectivity index (χ0n) is 9.29. The van der Waals surface area contributed by atoms with Crippen molar-refractivity contribution >= 4 is 11.6 Å². The van der Waals surface area contributed by atoms with E-state index in [1.54, 1.807) is 0 Å². The molecule has 3 nitrogen and oxygen atoms in total. The van der Waals surface area contributed by atoms with Crippen molar-refractivity contribution in [2.75, 3.05) is 13.2 Å². The van der Waals surface area contributed by atoms with Crippen LogP contribution in [0.4, 0.5) is 0 Å². The number of hydrogen-bond donors (Lipinski definition) is 2. The molecule has 1 aromatic rings. The van der Waals surface area contributed by atoms with Crippen LogP contribution in [0.1, 0.15) is 18.1 Å². The molecule has 88 valence electrons. The van der Waals surface area contributed by atoms with Gasteiger partial charge in [0, 0.05) is 12.0 Å². The van der Waals surface area contributed by atoms with Gasteiger partial charge in [-0.25, -0.2) is 0 Å². The van der Waals surface area contributed by atoms with Crippen LogP contribution in [0.25, 0.3) is 0 Å². The van der Waals surface area contributed by atoms with Gasteiger partial charge in [0.1, 0.15) is 11.5 Å². The van der Waals surface area contributed by atoms with Crippen LogP contribution in [-0.4, -0.2) is 18.3 Å². The maximum Gasteiger partial charge on any atom is 0.137 e. The first-order valence-corrected chi connectivity index (χ1v) is 5.87. The highest BCUT2D eigenvalue weighted by atomic mass is 35.5. The molecule has 0 saturated carbocycles. The van der Waals surface area contributed by atoms with E-state index in [1.807, 2.05) is 13.0 Å². The van der Waals surface area contributed by atoms with Crippen molar-refractivity contribution in [3.8, 4) is 11.5 Å². The highest BCUT2D eigenvalue weighted by Crippen LogP contribution is 2.41. The molecule has 1 atom stereocenters. The van der Waals surface area contributed by atoms with Gasteiger partial charge in [0.2, 0.25) is 0 Å². The van der Waals surface area contributed by atoms with E-state index in [9.17, 15) is 5.11 Å². The maximum absolute atomic E-state index is 9.98. The normalized spacial score (nSPS) is 15.7. The minimum Gasteiger partial charge on any atom is -0.506 e. The van der Waals surface area contributed by atoms with Gasteiger partial charge in [-0.05, 0) is 30.5 Å². The second kappa shape index (κ2) is 4.52. The van der Waals surface area contributed by atoms with Crippen molar-refractivity contribution in [3.63, 3.8) is 0 Å². The van der Waals surface area contributed by atoms with E-state index >= 15 is 0 Å². The van der Waals surface area contributed by atoms with E-state index in [4.69, 9.17) is 22.1 Å². The van der Waals surface area contributed by atoms with Crippen LogP contribution >= 0.6 is 11.6 Å². The molecule has 1 heterocycles. The van der Waals surface area contributed by atoms with Crippen LogP contribution in [0, 0.1) is 5.92 Å². The Morgan fingerprint density at radius 2 is 2.38 bits per heavy atom. The van der Waals surface area contributed by atoms with Crippen molar-refractivity contribution in [3.05, 3.63) is 22.2 Å². The van der Waals surface area contributed by atoms with Crippen molar-refractivity contribution < 1.29 is 9.84 Å². The topological polar surface area (TPSA) is 55.5 Å². The monoisotopic (exact) mass is 241 g/mol. The number of aromatic hydroxyl groups is 1. The summed E-state index contributed by atoms with van der Waals surface area (Å²) in [7, 11) is 0. The molecule has 0 aliphatic carbocycles. The Kier molecular flexibility index (Phi) is 3.26. The number of halogens is 1. The second-order valence-electron chi connectivity index (χ2n) is 4.32. The van der Waals surface area contributed by atoms with Crippen LogP contribution in [0.5, 0.6) is 11.5 Å². The lowest BCUT2D eigenvalue weighted by Crippen LogP contribution is -2.13. The molecular weight excluding hydrogens is 226 g/mol. The fraction of sp³-hybridized carbons (Fsp3) is 0.500. The highest BCUT2D eigenvalue weighted by Gasteiger charge is 2.21. The smallest absolute Gasteiger partial charge is 0.137 e. The molecule has 0 radical (unpaired) electrons. The molecule has 0 fully saturated rings. The Hall–Kier alpha value is -0.930. The molecule has 1 unspecified atom stereocenters. The number of phenolic OH excluding ortho intramolecular Hbond substituents is 1. The molecule has 0 aromatic heterocycles. The Labute approximate surface area is 100 Å². The van der Waals surface area contributed by atoms with E-state index in [0.29, 0.717) is 24.1 Å². The molecular formula is C12H16ClNO2. The molecule has 0 amide bonds. The lowest BCUT2D eigenvalue weighted by Gasteiger charge is -2.13. The summed E-state index contributed by atoms with van der Waals surface area (Å²) >= 11 is 6.11. The highest BCUT2D eigenvalue weighted by molar-refractivity contribution is 6.33. The van der Waals surface area contributed by atoms with Gasteiger partial charge in [-0.3, -0.25) is 0 Å². The molecule has 0 spiro atoms. The fourth-order valence-corrected chi connectivity index (χ4v) is 2.25. The molecule has 2 rings (SSSR count). The van der Waals surface area contributed by atoms with E-state index in [1.165, 1.54) is 0 Å². The third-order valence-corrected chi connectivity index (χ3v) is 3.37. The average molecular weight is 242 g/mol. The van der Waals surface area contributed by atoms with Crippen molar-refractivity contribution in [1.29, 1.82) is 0 Å². The van der Waals surface area contributed by atoms with Crippen LogP contribution in [0.3, 0.4) is 0 Å². The molecule has 0 bridgehead atoms. The zero-order valence-corrected chi connectivity index (χ0v) is 10.0. The first-order valence-electron chi connectivity index (χ1n) is 5.49. The van der Waals surface area contributed by atoms with Crippen LogP contribution in [0.15, 0.2) is 6.07 Å². The minimum atomic E-state index is 0.186. The summed E-state index contributed by atoms with van der Waals surface area (Å²) in [6.07, 6.45) is 1.49. The van der Waals surface area contributed by atoms with Gasteiger partial charge in [0.15, 0.2) is 0 Å². The number of hydrogen-bond acceptors (Lipinski definition) is 3. The predicted molar refractivity (Wildman–Crippen MR) is 64.2 cm³/mol. The first-order chi connectivity index (χ1) is 7.63. The molecule has 0 saturated heterocycles. The Bertz CT molecular complexity index is 406. The molecule has 1 aliphatic heterocycles. The molecule has 3 N–H and O–H groups in total. The van der Waals surface area contributed by atoms with Crippen molar-refractivity contribution in [2.45, 2.75) is 19.8 Å². The largest absolute Gasteiger partial charge is 0.506 e. The molecule has 16 heavy (non-hydrogen) atoms. The van der Waals surface area contributed by atoms with Gasteiger partial charge in [0.05, 0.1) is 11.6 Å². The Morgan fingerprint density at radius 3 is 3.06 bits per heavy atom. The van der Waals surface area contributed by atoms with Crippen LogP contribution in [0.2, 0.25) is 5.02 Å². The molecule has 1 aromatic carbocycles. The van der Waals surface area contributed by atoms with Gasteiger partial charge in [0.25, 0.3) is 0 Å². The SMILES string of the molecule is CC(CN)Cc1cc2c(c(Cl)c1O)CCO2. The zero-order chi connectivity index (χ0) is 11.7. The number of nitrogens with two attached hydrogens (primary N) is 1. The quantitative estimate of drug-likeness (QED) is 0.852. The summed E-state index contributed by atoms with van der Waals surface area (Å²) in [5.74, 6) is 1.31. The van der Waals surface area contributed by atoms with Crippen LogP contribution in [-0.2, 0) is 12.8 Å². The van der Waals surface area contributed by atoms with E-state index in [-0.39, 0.29) is 5.75 Å². The standard InChI is InChI=1S/C12H16ClNO2/c1-7(6-14)4-8-5-10-9(2-3-16-10)11(13)12(8)15/h5,7,15H,2-4,6,14H2,1H3. The predicted octanol–water partition coefficient (Wildman–Crippen LogP) is 2.12. The lowest BCUT2D eigenvalue weighted by atomic mass is 9.98. The number of fused-ring (bicyclic) bond motifs is 1. The first kappa shape index (κ1) is 11.6. The van der Waals surface area contributed by atoms with E-state index < -0.39 is 0 Å². The third-order valence-electron chi connectivity index (χ3n) is 2.96. The Balaban J connectivity index is 2.36. The minimum absolute atomic E-state index is 0.186. The second-order valence-corrected chi connectivity index (χ2v) is 4.70. The average Bonchev–Trinajstić information content (AvgIpc) is 2.73. The Morgan fingerprint density at radius 1 is 1.62 bits per heavy atom. The number of benzene rings is 1. The lowest BCUT2D eigenvalue weighted by molar-refractivity contribution is 0.356. The number of phenols is 1. The fourth-order valence-electron chi connectivity index (χ4n) is 1.94. The van der Waals surface area contributed by atoms with Crippen molar-refractivity contribution in [2.24, 2.45) is 11.7 Å². The van der Waals surface area contributed by atoms with Crippen molar-refractivity contribution in [1.82, 2.24) is 0 Å². The third kappa shape index (κ3) is 1.97. The number of rotatable bonds is 3. The van der Waals surface area contributed by atoms with Crippen LogP contribution < -0.4 is 10.5 Å². The summed E-state index contributed by atoms with van der Waals surface area (Å²) in [6.45, 7) is 3.28.